The second-order valence-electron chi connectivity index (χ2n) is 4.52. The van der Waals surface area contributed by atoms with Gasteiger partial charge >= 0.3 is 0 Å². The van der Waals surface area contributed by atoms with Crippen LogP contribution in [0.3, 0.4) is 0 Å². The SMILES string of the molecule is Cc1ncn(CCNC(=O)C2CC2)c(=O)c1C. The number of aryl methyl sites for hydroxylation is 1. The third kappa shape index (κ3) is 2.72. The second-order valence-corrected chi connectivity index (χ2v) is 4.52. The molecule has 0 unspecified atom stereocenters. The number of carbonyl (C=O) groups is 1. The number of nitrogens with one attached hydrogen (secondary N) is 1. The Bertz CT molecular complexity index is 489. The van der Waals surface area contributed by atoms with Gasteiger partial charge in [0, 0.05) is 30.3 Å². The van der Waals surface area contributed by atoms with E-state index in [1.165, 1.54) is 10.9 Å². The monoisotopic (exact) mass is 235 g/mol. The molecule has 1 aromatic rings. The van der Waals surface area contributed by atoms with Crippen LogP contribution in [0.1, 0.15) is 24.1 Å². The standard InChI is InChI=1S/C12H17N3O2/c1-8-9(2)14-7-15(12(8)17)6-5-13-11(16)10-3-4-10/h7,10H,3-6H2,1-2H3,(H,13,16). The maximum Gasteiger partial charge on any atom is 0.256 e. The fraction of sp³-hybridized carbons (Fsp3) is 0.583. The molecule has 1 aliphatic rings. The molecule has 1 N–H and O–H groups in total. The molecule has 17 heavy (non-hydrogen) atoms. The van der Waals surface area contributed by atoms with Crippen LogP contribution in [-0.4, -0.2) is 22.0 Å². The summed E-state index contributed by atoms with van der Waals surface area (Å²) in [6, 6.07) is 0. The summed E-state index contributed by atoms with van der Waals surface area (Å²) in [5.74, 6) is 0.319. The minimum absolute atomic E-state index is 0.0295. The molecule has 0 atom stereocenters. The highest BCUT2D eigenvalue weighted by Gasteiger charge is 2.28. The number of hydrogen-bond donors (Lipinski definition) is 1. The number of aromatic nitrogens is 2. The van der Waals surface area contributed by atoms with Crippen LogP contribution < -0.4 is 10.9 Å². The molecule has 2 rings (SSSR count). The van der Waals surface area contributed by atoms with E-state index in [0.29, 0.717) is 18.7 Å². The second kappa shape index (κ2) is 4.69. The lowest BCUT2D eigenvalue weighted by molar-refractivity contribution is -0.122. The van der Waals surface area contributed by atoms with Crippen LogP contribution in [0.15, 0.2) is 11.1 Å². The third-order valence-electron chi connectivity index (χ3n) is 3.12. The highest BCUT2D eigenvalue weighted by molar-refractivity contribution is 5.80. The van der Waals surface area contributed by atoms with E-state index in [1.54, 1.807) is 6.92 Å². The van der Waals surface area contributed by atoms with Crippen molar-refractivity contribution < 1.29 is 4.79 Å². The van der Waals surface area contributed by atoms with Gasteiger partial charge in [0.2, 0.25) is 5.91 Å². The summed E-state index contributed by atoms with van der Waals surface area (Å²) in [4.78, 5) is 27.3. The van der Waals surface area contributed by atoms with Gasteiger partial charge in [0.25, 0.3) is 5.56 Å². The maximum atomic E-state index is 11.8. The number of rotatable bonds is 4. The molecule has 0 aliphatic heterocycles. The van der Waals surface area contributed by atoms with Gasteiger partial charge in [0.1, 0.15) is 0 Å². The molecule has 0 radical (unpaired) electrons. The summed E-state index contributed by atoms with van der Waals surface area (Å²) in [6.07, 6.45) is 3.53. The van der Waals surface area contributed by atoms with E-state index >= 15 is 0 Å². The lowest BCUT2D eigenvalue weighted by Crippen LogP contribution is -2.32. The molecular formula is C12H17N3O2. The Balaban J connectivity index is 1.92. The van der Waals surface area contributed by atoms with Crippen molar-refractivity contribution in [1.29, 1.82) is 0 Å². The van der Waals surface area contributed by atoms with Gasteiger partial charge < -0.3 is 5.32 Å². The van der Waals surface area contributed by atoms with Crippen LogP contribution >= 0.6 is 0 Å². The molecule has 1 aliphatic carbocycles. The number of amides is 1. The van der Waals surface area contributed by atoms with Crippen molar-refractivity contribution in [2.45, 2.75) is 33.2 Å². The highest BCUT2D eigenvalue weighted by Crippen LogP contribution is 2.28. The van der Waals surface area contributed by atoms with Crippen LogP contribution in [0.5, 0.6) is 0 Å². The summed E-state index contributed by atoms with van der Waals surface area (Å²) in [7, 11) is 0. The van der Waals surface area contributed by atoms with Gasteiger partial charge in [0.15, 0.2) is 0 Å². The van der Waals surface area contributed by atoms with Gasteiger partial charge in [0.05, 0.1) is 6.33 Å². The fourth-order valence-corrected chi connectivity index (χ4v) is 1.62. The van der Waals surface area contributed by atoms with Crippen LogP contribution in [-0.2, 0) is 11.3 Å². The Morgan fingerprint density at radius 2 is 2.24 bits per heavy atom. The smallest absolute Gasteiger partial charge is 0.256 e. The number of hydrogen-bond acceptors (Lipinski definition) is 3. The molecule has 5 nitrogen and oxygen atoms in total. The molecule has 92 valence electrons. The highest BCUT2D eigenvalue weighted by atomic mass is 16.2. The zero-order valence-corrected chi connectivity index (χ0v) is 10.2. The van der Waals surface area contributed by atoms with Crippen molar-refractivity contribution in [1.82, 2.24) is 14.9 Å². The quantitative estimate of drug-likeness (QED) is 0.821. The van der Waals surface area contributed by atoms with Gasteiger partial charge in [-0.1, -0.05) is 0 Å². The average Bonchev–Trinajstić information content (AvgIpc) is 3.13. The minimum Gasteiger partial charge on any atom is -0.354 e. The average molecular weight is 235 g/mol. The minimum atomic E-state index is -0.0295. The van der Waals surface area contributed by atoms with Crippen molar-refractivity contribution in [3.05, 3.63) is 27.9 Å². The van der Waals surface area contributed by atoms with Crippen molar-refractivity contribution >= 4 is 5.91 Å². The lowest BCUT2D eigenvalue weighted by Gasteiger charge is -2.08. The maximum absolute atomic E-state index is 11.8. The van der Waals surface area contributed by atoms with Gasteiger partial charge in [-0.2, -0.15) is 0 Å². The Hall–Kier alpha value is -1.65. The van der Waals surface area contributed by atoms with Crippen molar-refractivity contribution in [2.75, 3.05) is 6.54 Å². The van der Waals surface area contributed by atoms with Gasteiger partial charge in [-0.3, -0.25) is 14.2 Å². The van der Waals surface area contributed by atoms with Crippen LogP contribution in [0.25, 0.3) is 0 Å². The van der Waals surface area contributed by atoms with Crippen molar-refractivity contribution in [3.8, 4) is 0 Å². The predicted molar refractivity (Wildman–Crippen MR) is 63.7 cm³/mol. The first-order chi connectivity index (χ1) is 8.09. The lowest BCUT2D eigenvalue weighted by atomic mass is 10.3. The van der Waals surface area contributed by atoms with E-state index < -0.39 is 0 Å². The largest absolute Gasteiger partial charge is 0.354 e. The van der Waals surface area contributed by atoms with E-state index in [-0.39, 0.29) is 17.4 Å². The van der Waals surface area contributed by atoms with Gasteiger partial charge in [-0.05, 0) is 26.7 Å². The molecule has 1 aromatic heterocycles. The first-order valence-corrected chi connectivity index (χ1v) is 5.90. The molecule has 1 heterocycles. The summed E-state index contributed by atoms with van der Waals surface area (Å²) >= 11 is 0. The molecule has 1 saturated carbocycles. The molecule has 0 spiro atoms. The first kappa shape index (κ1) is 11.8. The molecule has 1 amide bonds. The zero-order valence-electron chi connectivity index (χ0n) is 10.2. The summed E-state index contributed by atoms with van der Waals surface area (Å²) in [6.45, 7) is 4.55. The van der Waals surface area contributed by atoms with Crippen LogP contribution in [0.2, 0.25) is 0 Å². The molecular weight excluding hydrogens is 218 g/mol. The summed E-state index contributed by atoms with van der Waals surface area (Å²) in [5, 5.41) is 2.83. The van der Waals surface area contributed by atoms with Gasteiger partial charge in [-0.15, -0.1) is 0 Å². The Kier molecular flexibility index (Phi) is 3.26. The van der Waals surface area contributed by atoms with E-state index in [0.717, 1.165) is 18.5 Å². The van der Waals surface area contributed by atoms with E-state index in [4.69, 9.17) is 0 Å². The number of carbonyl (C=O) groups excluding carboxylic acids is 1. The van der Waals surface area contributed by atoms with Crippen molar-refractivity contribution in [3.63, 3.8) is 0 Å². The molecule has 0 bridgehead atoms. The zero-order chi connectivity index (χ0) is 12.4. The predicted octanol–water partition coefficient (Wildman–Crippen LogP) is 0.386. The van der Waals surface area contributed by atoms with E-state index in [9.17, 15) is 9.59 Å². The molecule has 0 saturated heterocycles. The van der Waals surface area contributed by atoms with E-state index in [1.807, 2.05) is 6.92 Å². The summed E-state index contributed by atoms with van der Waals surface area (Å²) in [5.41, 5.74) is 1.40. The van der Waals surface area contributed by atoms with Gasteiger partial charge in [-0.25, -0.2) is 4.98 Å². The molecule has 0 aromatic carbocycles. The van der Waals surface area contributed by atoms with Crippen LogP contribution in [0, 0.1) is 19.8 Å². The van der Waals surface area contributed by atoms with Crippen LogP contribution in [0.4, 0.5) is 0 Å². The third-order valence-corrected chi connectivity index (χ3v) is 3.12. The summed E-state index contributed by atoms with van der Waals surface area (Å²) < 4.78 is 1.54. The normalized spacial score (nSPS) is 14.7. The molecule has 5 heteroatoms. The molecule has 1 fully saturated rings. The Labute approximate surface area is 99.9 Å². The fourth-order valence-electron chi connectivity index (χ4n) is 1.62. The van der Waals surface area contributed by atoms with Crippen molar-refractivity contribution in [2.24, 2.45) is 5.92 Å². The number of nitrogens with zero attached hydrogens (tertiary/aromatic N) is 2. The Morgan fingerprint density at radius 1 is 1.53 bits per heavy atom. The first-order valence-electron chi connectivity index (χ1n) is 5.90. The topological polar surface area (TPSA) is 64.0 Å². The Morgan fingerprint density at radius 3 is 2.88 bits per heavy atom. The van der Waals surface area contributed by atoms with E-state index in [2.05, 4.69) is 10.3 Å².